The fraction of sp³-hybridized carbons (Fsp3) is 0.778. The molecule has 0 bridgehead atoms. The summed E-state index contributed by atoms with van der Waals surface area (Å²) in [5, 5.41) is 35.0. The van der Waals surface area contributed by atoms with E-state index >= 15 is 0 Å². The van der Waals surface area contributed by atoms with Crippen molar-refractivity contribution in [1.29, 1.82) is 0 Å². The second kappa shape index (κ2) is 19.3. The van der Waals surface area contributed by atoms with Gasteiger partial charge in [0.2, 0.25) is 0 Å². The molecular weight excluding hydrogens is 436 g/mol. The van der Waals surface area contributed by atoms with E-state index in [1.165, 1.54) is 9.80 Å². The Balaban J connectivity index is 5.06. The number of aliphatic hydroxyl groups is 4. The fourth-order valence-corrected chi connectivity index (χ4v) is 2.26. The van der Waals surface area contributed by atoms with Gasteiger partial charge in [0, 0.05) is 13.1 Å². The van der Waals surface area contributed by atoms with Crippen LogP contribution in [0.5, 0.6) is 0 Å². The van der Waals surface area contributed by atoms with Crippen molar-refractivity contribution in [1.82, 2.24) is 9.80 Å². The summed E-state index contributed by atoms with van der Waals surface area (Å²) in [7, 11) is 0. The lowest BCUT2D eigenvalue weighted by Crippen LogP contribution is -2.44. The lowest BCUT2D eigenvalue weighted by molar-refractivity contribution is -0.153. The molecule has 186 valence electrons. The van der Waals surface area contributed by atoms with Gasteiger partial charge in [-0.15, -0.1) is 0 Å². The van der Waals surface area contributed by atoms with Gasteiger partial charge in [0.1, 0.15) is 26.4 Å². The summed E-state index contributed by atoms with van der Waals surface area (Å²) >= 11 is 0. The summed E-state index contributed by atoms with van der Waals surface area (Å²) in [5.41, 5.74) is 0. The minimum atomic E-state index is -0.717. The molecule has 0 aliphatic rings. The van der Waals surface area contributed by atoms with Crippen molar-refractivity contribution in [3.63, 3.8) is 0 Å². The number of ether oxygens (including phenoxy) is 4. The molecule has 0 fully saturated rings. The zero-order valence-electron chi connectivity index (χ0n) is 17.8. The van der Waals surface area contributed by atoms with Crippen molar-refractivity contribution in [3.05, 3.63) is 0 Å². The molecule has 0 unspecified atom stereocenters. The van der Waals surface area contributed by atoms with Crippen LogP contribution in [0, 0.1) is 0 Å². The van der Waals surface area contributed by atoms with Gasteiger partial charge in [-0.05, 0) is 0 Å². The Morgan fingerprint density at radius 3 is 0.875 bits per heavy atom. The third kappa shape index (κ3) is 16.3. The van der Waals surface area contributed by atoms with Gasteiger partial charge in [0.25, 0.3) is 0 Å². The van der Waals surface area contributed by atoms with Gasteiger partial charge in [-0.3, -0.25) is 29.0 Å². The molecular formula is C18H32N2O12. The highest BCUT2D eigenvalue weighted by molar-refractivity contribution is 5.76. The highest BCUT2D eigenvalue weighted by atomic mass is 16.6. The molecule has 0 saturated heterocycles. The van der Waals surface area contributed by atoms with Crippen molar-refractivity contribution in [2.75, 3.05) is 92.1 Å². The molecule has 0 aromatic rings. The molecule has 0 rings (SSSR count). The smallest absolute Gasteiger partial charge is 0.320 e. The molecule has 4 N–H and O–H groups in total. The van der Waals surface area contributed by atoms with E-state index in [-0.39, 0.29) is 92.1 Å². The van der Waals surface area contributed by atoms with Crippen LogP contribution >= 0.6 is 0 Å². The Bertz CT molecular complexity index is 468. The lowest BCUT2D eigenvalue weighted by atomic mass is 10.3. The lowest BCUT2D eigenvalue weighted by Gasteiger charge is -2.25. The molecule has 0 spiro atoms. The van der Waals surface area contributed by atoms with Gasteiger partial charge in [0.15, 0.2) is 0 Å². The Labute approximate surface area is 185 Å². The Hall–Kier alpha value is -2.36. The van der Waals surface area contributed by atoms with Crippen molar-refractivity contribution < 1.29 is 58.6 Å². The molecule has 0 aliphatic heterocycles. The highest BCUT2D eigenvalue weighted by Crippen LogP contribution is 1.98. The van der Waals surface area contributed by atoms with Crippen LogP contribution in [0.4, 0.5) is 0 Å². The number of carbonyl (C=O) groups is 4. The maximum absolute atomic E-state index is 11.9. The SMILES string of the molecule is O=C(CN(CCN(CC(=O)OCCO)CC(=O)OCCO)CC(=O)OCCO)OCCO. The molecule has 32 heavy (non-hydrogen) atoms. The van der Waals surface area contributed by atoms with Crippen LogP contribution in [-0.4, -0.2) is 146 Å². The summed E-state index contributed by atoms with van der Waals surface area (Å²) in [4.78, 5) is 50.1. The number of nitrogens with zero attached hydrogens (tertiary/aromatic N) is 2. The Kier molecular flexibility index (Phi) is 17.9. The number of aliphatic hydroxyl groups excluding tert-OH is 4. The van der Waals surface area contributed by atoms with Crippen molar-refractivity contribution in [2.24, 2.45) is 0 Å². The predicted molar refractivity (Wildman–Crippen MR) is 105 cm³/mol. The molecule has 0 heterocycles. The standard InChI is InChI=1S/C18H32N2O12/c21-3-7-29-15(25)11-19(12-16(26)30-8-4-22)1-2-20(13-17(27)31-9-5-23)14-18(28)32-10-6-24/h21-24H,1-14H2. The van der Waals surface area contributed by atoms with E-state index in [4.69, 9.17) is 39.4 Å². The maximum atomic E-state index is 11.9. The second-order valence-corrected chi connectivity index (χ2v) is 6.20. The van der Waals surface area contributed by atoms with Crippen LogP contribution in [-0.2, 0) is 38.1 Å². The second-order valence-electron chi connectivity index (χ2n) is 6.20. The Morgan fingerprint density at radius 1 is 0.469 bits per heavy atom. The van der Waals surface area contributed by atoms with Crippen LogP contribution in [0.2, 0.25) is 0 Å². The van der Waals surface area contributed by atoms with Crippen molar-refractivity contribution >= 4 is 23.9 Å². The van der Waals surface area contributed by atoms with E-state index in [1.54, 1.807) is 0 Å². The maximum Gasteiger partial charge on any atom is 0.320 e. The molecule has 0 aromatic carbocycles. The monoisotopic (exact) mass is 468 g/mol. The number of rotatable bonds is 19. The van der Waals surface area contributed by atoms with E-state index in [0.717, 1.165) is 0 Å². The van der Waals surface area contributed by atoms with E-state index in [1.807, 2.05) is 0 Å². The van der Waals surface area contributed by atoms with E-state index < -0.39 is 23.9 Å². The first-order valence-corrected chi connectivity index (χ1v) is 9.86. The average Bonchev–Trinajstić information content (AvgIpc) is 2.76. The summed E-state index contributed by atoms with van der Waals surface area (Å²) < 4.78 is 19.1. The summed E-state index contributed by atoms with van der Waals surface area (Å²) in [5.74, 6) is -2.87. The van der Waals surface area contributed by atoms with Crippen LogP contribution in [0.15, 0.2) is 0 Å². The quantitative estimate of drug-likeness (QED) is 0.105. The largest absolute Gasteiger partial charge is 0.462 e. The molecule has 0 amide bonds. The molecule has 0 aromatic heterocycles. The van der Waals surface area contributed by atoms with Gasteiger partial charge in [0.05, 0.1) is 52.6 Å². The fourth-order valence-electron chi connectivity index (χ4n) is 2.26. The first-order valence-electron chi connectivity index (χ1n) is 9.86. The van der Waals surface area contributed by atoms with Gasteiger partial charge in [-0.2, -0.15) is 0 Å². The first-order chi connectivity index (χ1) is 15.4. The van der Waals surface area contributed by atoms with Crippen molar-refractivity contribution in [3.8, 4) is 0 Å². The number of esters is 4. The normalized spacial score (nSPS) is 10.8. The average molecular weight is 468 g/mol. The molecule has 0 aliphatic carbocycles. The third-order valence-electron chi connectivity index (χ3n) is 3.56. The van der Waals surface area contributed by atoms with Gasteiger partial charge >= 0.3 is 23.9 Å². The zero-order chi connectivity index (χ0) is 24.2. The number of hydrogen-bond acceptors (Lipinski definition) is 14. The molecule has 0 atom stereocenters. The van der Waals surface area contributed by atoms with Gasteiger partial charge < -0.3 is 39.4 Å². The zero-order valence-corrected chi connectivity index (χ0v) is 17.8. The molecule has 14 heteroatoms. The summed E-state index contributed by atoms with van der Waals surface area (Å²) in [6.45, 7) is -3.70. The van der Waals surface area contributed by atoms with Gasteiger partial charge in [-0.1, -0.05) is 0 Å². The molecule has 14 nitrogen and oxygen atoms in total. The topological polar surface area (TPSA) is 193 Å². The highest BCUT2D eigenvalue weighted by Gasteiger charge is 2.21. The van der Waals surface area contributed by atoms with Crippen LogP contribution in [0.1, 0.15) is 0 Å². The van der Waals surface area contributed by atoms with Crippen LogP contribution in [0.3, 0.4) is 0 Å². The minimum Gasteiger partial charge on any atom is -0.462 e. The molecule has 0 radical (unpaired) electrons. The molecule has 0 saturated carbocycles. The predicted octanol–water partition coefficient (Wildman–Crippen LogP) is -4.27. The number of carbonyl (C=O) groups excluding carboxylic acids is 4. The third-order valence-corrected chi connectivity index (χ3v) is 3.56. The van der Waals surface area contributed by atoms with E-state index in [2.05, 4.69) is 0 Å². The minimum absolute atomic E-state index is 0.0169. The number of hydrogen-bond donors (Lipinski definition) is 4. The Morgan fingerprint density at radius 2 is 0.688 bits per heavy atom. The van der Waals surface area contributed by atoms with Gasteiger partial charge in [-0.25, -0.2) is 0 Å². The van der Waals surface area contributed by atoms with Crippen LogP contribution < -0.4 is 0 Å². The summed E-state index contributed by atoms with van der Waals surface area (Å²) in [6.07, 6.45) is 0. The van der Waals surface area contributed by atoms with E-state index in [0.29, 0.717) is 0 Å². The van der Waals surface area contributed by atoms with Crippen molar-refractivity contribution in [2.45, 2.75) is 0 Å². The summed E-state index contributed by atoms with van der Waals surface area (Å²) in [6, 6.07) is 0. The van der Waals surface area contributed by atoms with Crippen LogP contribution in [0.25, 0.3) is 0 Å². The van der Waals surface area contributed by atoms with E-state index in [9.17, 15) is 19.2 Å². The first kappa shape index (κ1) is 29.6.